The lowest BCUT2D eigenvalue weighted by molar-refractivity contribution is 0.261. The predicted molar refractivity (Wildman–Crippen MR) is 144 cm³/mol. The molecule has 6 aromatic rings. The smallest absolute Gasteiger partial charge is 0.181 e. The molecule has 0 bridgehead atoms. The van der Waals surface area contributed by atoms with Crippen LogP contribution in [0, 0.1) is 12.7 Å². The Morgan fingerprint density at radius 2 is 1.82 bits per heavy atom. The average molecular weight is 509 g/mol. The number of hydrogen-bond acceptors (Lipinski definition) is 7. The minimum Gasteiger partial charge on any atom is -0.491 e. The maximum atomic E-state index is 14.1. The highest BCUT2D eigenvalue weighted by molar-refractivity contribution is 5.96. The molecule has 10 heteroatoms. The van der Waals surface area contributed by atoms with Crippen LogP contribution in [-0.2, 0) is 0 Å². The number of aromatic nitrogens is 7. The van der Waals surface area contributed by atoms with Gasteiger partial charge in [-0.1, -0.05) is 6.07 Å². The SMILES string of the molecule is Cc1cc(F)cc(-c2ccnc3nc(-c4[nH]nc5ncc(-c6cncc(OCCN(C)C)c6)cc45)[nH]c23)c1. The number of H-pyrrole nitrogens is 2. The molecule has 0 spiro atoms. The van der Waals surface area contributed by atoms with Gasteiger partial charge >= 0.3 is 0 Å². The van der Waals surface area contributed by atoms with Crippen LogP contribution in [0.2, 0.25) is 0 Å². The van der Waals surface area contributed by atoms with Crippen LogP contribution < -0.4 is 4.74 Å². The lowest BCUT2D eigenvalue weighted by Crippen LogP contribution is -2.19. The Labute approximate surface area is 217 Å². The number of pyridine rings is 3. The van der Waals surface area contributed by atoms with E-state index in [1.807, 2.05) is 45.3 Å². The van der Waals surface area contributed by atoms with E-state index in [1.165, 1.54) is 12.1 Å². The van der Waals surface area contributed by atoms with Crippen molar-refractivity contribution >= 4 is 22.2 Å². The summed E-state index contributed by atoms with van der Waals surface area (Å²) in [4.78, 5) is 23.4. The van der Waals surface area contributed by atoms with Gasteiger partial charge in [0.2, 0.25) is 0 Å². The molecular formula is C28H25FN8O. The van der Waals surface area contributed by atoms with Gasteiger partial charge in [-0.25, -0.2) is 19.3 Å². The van der Waals surface area contributed by atoms with E-state index in [1.54, 1.807) is 24.8 Å². The number of aromatic amines is 2. The third-order valence-corrected chi connectivity index (χ3v) is 6.25. The zero-order valence-electron chi connectivity index (χ0n) is 21.2. The topological polar surface area (TPSA) is 108 Å². The van der Waals surface area contributed by atoms with Crippen LogP contribution in [0.25, 0.3) is 56.0 Å². The van der Waals surface area contributed by atoms with Crippen molar-refractivity contribution < 1.29 is 9.13 Å². The van der Waals surface area contributed by atoms with E-state index >= 15 is 0 Å². The van der Waals surface area contributed by atoms with Gasteiger partial charge in [0.1, 0.15) is 23.9 Å². The van der Waals surface area contributed by atoms with Gasteiger partial charge in [-0.15, -0.1) is 0 Å². The summed E-state index contributed by atoms with van der Waals surface area (Å²) < 4.78 is 20.0. The van der Waals surface area contributed by atoms with Crippen molar-refractivity contribution in [2.75, 3.05) is 27.2 Å². The zero-order chi connectivity index (χ0) is 26.2. The van der Waals surface area contributed by atoms with Gasteiger partial charge < -0.3 is 14.6 Å². The number of fused-ring (bicyclic) bond motifs is 2. The third-order valence-electron chi connectivity index (χ3n) is 6.25. The normalized spacial score (nSPS) is 11.6. The molecule has 0 saturated carbocycles. The number of aryl methyl sites for hydroxylation is 1. The van der Waals surface area contributed by atoms with E-state index in [0.717, 1.165) is 39.7 Å². The van der Waals surface area contributed by atoms with Gasteiger partial charge in [0.05, 0.1) is 17.1 Å². The van der Waals surface area contributed by atoms with Crippen LogP contribution in [0.15, 0.2) is 61.2 Å². The number of rotatable bonds is 7. The van der Waals surface area contributed by atoms with Gasteiger partial charge in [-0.2, -0.15) is 5.10 Å². The first kappa shape index (κ1) is 23.7. The van der Waals surface area contributed by atoms with Crippen LogP contribution in [-0.4, -0.2) is 67.3 Å². The molecule has 0 fully saturated rings. The predicted octanol–water partition coefficient (Wildman–Crippen LogP) is 5.01. The Morgan fingerprint density at radius 1 is 0.947 bits per heavy atom. The molecule has 9 nitrogen and oxygen atoms in total. The van der Waals surface area contributed by atoms with Crippen LogP contribution >= 0.6 is 0 Å². The first-order chi connectivity index (χ1) is 18.4. The Balaban J connectivity index is 1.38. The van der Waals surface area contributed by atoms with E-state index in [2.05, 4.69) is 35.0 Å². The highest BCUT2D eigenvalue weighted by atomic mass is 19.1. The summed E-state index contributed by atoms with van der Waals surface area (Å²) in [5, 5.41) is 8.22. The van der Waals surface area contributed by atoms with Gasteiger partial charge in [0, 0.05) is 41.8 Å². The number of ether oxygens (including phenoxy) is 1. The summed E-state index contributed by atoms with van der Waals surface area (Å²) in [6, 6.07) is 10.7. The Morgan fingerprint density at radius 3 is 2.66 bits per heavy atom. The van der Waals surface area contributed by atoms with E-state index in [-0.39, 0.29) is 5.82 Å². The Hall–Kier alpha value is -4.70. The number of hydrogen-bond donors (Lipinski definition) is 2. The summed E-state index contributed by atoms with van der Waals surface area (Å²) in [6.07, 6.45) is 6.92. The van der Waals surface area contributed by atoms with Crippen LogP contribution in [0.5, 0.6) is 5.75 Å². The second kappa shape index (κ2) is 9.64. The largest absolute Gasteiger partial charge is 0.491 e. The molecule has 0 atom stereocenters. The highest BCUT2D eigenvalue weighted by Crippen LogP contribution is 2.32. The average Bonchev–Trinajstić information content (AvgIpc) is 3.51. The van der Waals surface area contributed by atoms with Crippen molar-refractivity contribution in [3.8, 4) is 39.5 Å². The van der Waals surface area contributed by atoms with Gasteiger partial charge in [0.25, 0.3) is 0 Å². The first-order valence-electron chi connectivity index (χ1n) is 12.1. The van der Waals surface area contributed by atoms with E-state index < -0.39 is 0 Å². The minimum atomic E-state index is -0.287. The molecule has 38 heavy (non-hydrogen) atoms. The van der Waals surface area contributed by atoms with Crippen molar-refractivity contribution in [2.24, 2.45) is 0 Å². The van der Waals surface area contributed by atoms with Crippen molar-refractivity contribution in [3.63, 3.8) is 0 Å². The molecule has 1 aromatic carbocycles. The monoisotopic (exact) mass is 508 g/mol. The maximum absolute atomic E-state index is 14.1. The van der Waals surface area contributed by atoms with Crippen LogP contribution in [0.1, 0.15) is 5.56 Å². The van der Waals surface area contributed by atoms with Crippen molar-refractivity contribution in [1.82, 2.24) is 40.0 Å². The van der Waals surface area contributed by atoms with Gasteiger partial charge in [-0.3, -0.25) is 10.1 Å². The lowest BCUT2D eigenvalue weighted by atomic mass is 10.0. The molecule has 0 radical (unpaired) electrons. The fourth-order valence-electron chi connectivity index (χ4n) is 4.40. The van der Waals surface area contributed by atoms with Crippen molar-refractivity contribution in [3.05, 3.63) is 72.6 Å². The first-order valence-corrected chi connectivity index (χ1v) is 12.1. The molecule has 6 rings (SSSR count). The molecule has 0 aliphatic heterocycles. The molecule has 0 aliphatic carbocycles. The number of likely N-dealkylation sites (N-methyl/N-ethyl adjacent to an activating group) is 1. The quantitative estimate of drug-likeness (QED) is 0.312. The summed E-state index contributed by atoms with van der Waals surface area (Å²) in [5.74, 6) is 0.971. The molecular weight excluding hydrogens is 483 g/mol. The van der Waals surface area contributed by atoms with Gasteiger partial charge in [-0.05, 0) is 62.5 Å². The fourth-order valence-corrected chi connectivity index (χ4v) is 4.40. The number of nitrogens with one attached hydrogen (secondary N) is 2. The Kier molecular flexibility index (Phi) is 6.01. The molecule has 5 heterocycles. The van der Waals surface area contributed by atoms with Crippen LogP contribution in [0.3, 0.4) is 0 Å². The molecule has 190 valence electrons. The number of imidazole rings is 1. The molecule has 0 saturated heterocycles. The number of benzene rings is 1. The zero-order valence-corrected chi connectivity index (χ0v) is 21.2. The van der Waals surface area contributed by atoms with Crippen molar-refractivity contribution in [2.45, 2.75) is 6.92 Å². The van der Waals surface area contributed by atoms with Crippen molar-refractivity contribution in [1.29, 1.82) is 0 Å². The maximum Gasteiger partial charge on any atom is 0.181 e. The molecule has 5 aromatic heterocycles. The number of halogens is 1. The third kappa shape index (κ3) is 4.57. The number of nitrogens with zero attached hydrogens (tertiary/aromatic N) is 6. The molecule has 2 N–H and O–H groups in total. The molecule has 0 unspecified atom stereocenters. The van der Waals surface area contributed by atoms with Gasteiger partial charge in [0.15, 0.2) is 17.1 Å². The standard InChI is InChI=1S/C28H25FN8O/c1-16-8-17(10-20(29)9-16)22-4-5-31-27-24(22)33-28(34-27)25-23-12-19(14-32-26(23)36-35-25)18-11-21(15-30-13-18)38-7-6-37(2)3/h4-5,8-15H,6-7H2,1-3H3,(H,31,33,34)(H,32,35,36). The second-order valence-electron chi connectivity index (χ2n) is 9.41. The molecule has 0 aliphatic rings. The van der Waals surface area contributed by atoms with Crippen LogP contribution in [0.4, 0.5) is 4.39 Å². The summed E-state index contributed by atoms with van der Waals surface area (Å²) in [7, 11) is 4.01. The summed E-state index contributed by atoms with van der Waals surface area (Å²) >= 11 is 0. The minimum absolute atomic E-state index is 0.287. The summed E-state index contributed by atoms with van der Waals surface area (Å²) in [6.45, 7) is 3.24. The summed E-state index contributed by atoms with van der Waals surface area (Å²) in [5.41, 5.74) is 6.64. The lowest BCUT2D eigenvalue weighted by Gasteiger charge is -2.11. The van der Waals surface area contributed by atoms with E-state index in [0.29, 0.717) is 40.7 Å². The highest BCUT2D eigenvalue weighted by Gasteiger charge is 2.17. The fraction of sp³-hybridized carbons (Fsp3) is 0.179. The molecule has 0 amide bonds. The van der Waals surface area contributed by atoms with E-state index in [9.17, 15) is 4.39 Å². The Bertz CT molecular complexity index is 1750. The second-order valence-corrected chi connectivity index (χ2v) is 9.41. The van der Waals surface area contributed by atoms with E-state index in [4.69, 9.17) is 9.72 Å².